The molecule has 0 saturated heterocycles. The molecular weight excluding hydrogens is 192 g/mol. The number of halogens is 1. The second-order valence-corrected chi connectivity index (χ2v) is 2.71. The number of hydrogen-bond acceptors (Lipinski definition) is 3. The monoisotopic (exact) mass is 200 g/mol. The SMILES string of the molecule is O=C(NCCO)c1cccc(Cl)n1. The average Bonchev–Trinajstić information content (AvgIpc) is 2.14. The molecule has 1 amide bonds. The van der Waals surface area contributed by atoms with Crippen LogP contribution in [-0.2, 0) is 0 Å². The molecule has 0 aliphatic carbocycles. The van der Waals surface area contributed by atoms with Crippen molar-refractivity contribution in [1.29, 1.82) is 0 Å². The van der Waals surface area contributed by atoms with Gasteiger partial charge in [-0.05, 0) is 12.1 Å². The van der Waals surface area contributed by atoms with Crippen molar-refractivity contribution in [3.8, 4) is 0 Å². The molecule has 0 aromatic carbocycles. The van der Waals surface area contributed by atoms with E-state index in [1.807, 2.05) is 0 Å². The van der Waals surface area contributed by atoms with E-state index in [9.17, 15) is 4.79 Å². The van der Waals surface area contributed by atoms with E-state index in [4.69, 9.17) is 16.7 Å². The second kappa shape index (κ2) is 4.79. The highest BCUT2D eigenvalue weighted by molar-refractivity contribution is 6.29. The second-order valence-electron chi connectivity index (χ2n) is 2.33. The van der Waals surface area contributed by atoms with E-state index in [0.29, 0.717) is 0 Å². The van der Waals surface area contributed by atoms with Gasteiger partial charge >= 0.3 is 0 Å². The normalized spacial score (nSPS) is 9.69. The van der Waals surface area contributed by atoms with E-state index in [1.165, 1.54) is 0 Å². The predicted octanol–water partition coefficient (Wildman–Crippen LogP) is 0.457. The van der Waals surface area contributed by atoms with Crippen LogP contribution < -0.4 is 5.32 Å². The van der Waals surface area contributed by atoms with Crippen molar-refractivity contribution in [3.05, 3.63) is 29.0 Å². The number of nitrogens with zero attached hydrogens (tertiary/aromatic N) is 1. The molecular formula is C8H9ClN2O2. The summed E-state index contributed by atoms with van der Waals surface area (Å²) < 4.78 is 0. The van der Waals surface area contributed by atoms with Crippen LogP contribution in [0.5, 0.6) is 0 Å². The van der Waals surface area contributed by atoms with Gasteiger partial charge in [0.15, 0.2) is 0 Å². The first kappa shape index (κ1) is 9.95. The van der Waals surface area contributed by atoms with Gasteiger partial charge in [-0.2, -0.15) is 0 Å². The fraction of sp³-hybridized carbons (Fsp3) is 0.250. The van der Waals surface area contributed by atoms with Crippen molar-refractivity contribution in [2.24, 2.45) is 0 Å². The van der Waals surface area contributed by atoms with Gasteiger partial charge in [0.25, 0.3) is 5.91 Å². The summed E-state index contributed by atoms with van der Waals surface area (Å²) in [5.74, 6) is -0.337. The third-order valence-electron chi connectivity index (χ3n) is 1.35. The van der Waals surface area contributed by atoms with Crippen molar-refractivity contribution in [2.45, 2.75) is 0 Å². The zero-order chi connectivity index (χ0) is 9.68. The number of carbonyl (C=O) groups excluding carboxylic acids is 1. The van der Waals surface area contributed by atoms with Crippen LogP contribution in [0.1, 0.15) is 10.5 Å². The smallest absolute Gasteiger partial charge is 0.270 e. The van der Waals surface area contributed by atoms with Crippen LogP contribution in [0, 0.1) is 0 Å². The standard InChI is InChI=1S/C8H9ClN2O2/c9-7-3-1-2-6(11-7)8(13)10-4-5-12/h1-3,12H,4-5H2,(H,10,13). The number of carbonyl (C=O) groups is 1. The topological polar surface area (TPSA) is 62.2 Å². The Bertz CT molecular complexity index is 304. The van der Waals surface area contributed by atoms with Gasteiger partial charge < -0.3 is 10.4 Å². The summed E-state index contributed by atoms with van der Waals surface area (Å²) in [6, 6.07) is 4.78. The van der Waals surface area contributed by atoms with E-state index in [0.717, 1.165) is 0 Å². The molecule has 1 rings (SSSR count). The molecule has 0 unspecified atom stereocenters. The molecule has 0 aliphatic rings. The maximum absolute atomic E-state index is 11.2. The first-order chi connectivity index (χ1) is 6.24. The van der Waals surface area contributed by atoms with Gasteiger partial charge in [-0.25, -0.2) is 4.98 Å². The van der Waals surface area contributed by atoms with Crippen molar-refractivity contribution < 1.29 is 9.90 Å². The number of pyridine rings is 1. The number of aliphatic hydroxyl groups excluding tert-OH is 1. The molecule has 4 nitrogen and oxygen atoms in total. The lowest BCUT2D eigenvalue weighted by molar-refractivity contribution is 0.0940. The zero-order valence-corrected chi connectivity index (χ0v) is 7.58. The van der Waals surface area contributed by atoms with Crippen molar-refractivity contribution in [1.82, 2.24) is 10.3 Å². The Kier molecular flexibility index (Phi) is 3.67. The molecule has 0 fully saturated rings. The molecule has 1 aromatic rings. The summed E-state index contributed by atoms with van der Waals surface area (Å²) in [7, 11) is 0. The molecule has 13 heavy (non-hydrogen) atoms. The minimum Gasteiger partial charge on any atom is -0.395 e. The van der Waals surface area contributed by atoms with Crippen LogP contribution in [0.2, 0.25) is 5.15 Å². The van der Waals surface area contributed by atoms with Gasteiger partial charge in [-0.15, -0.1) is 0 Å². The minimum absolute atomic E-state index is 0.0910. The molecule has 0 atom stereocenters. The van der Waals surface area contributed by atoms with Gasteiger partial charge in [0.2, 0.25) is 0 Å². The van der Waals surface area contributed by atoms with Crippen LogP contribution in [0.4, 0.5) is 0 Å². The van der Waals surface area contributed by atoms with Gasteiger partial charge in [-0.1, -0.05) is 17.7 Å². The first-order valence-corrected chi connectivity index (χ1v) is 4.13. The molecule has 2 N–H and O–H groups in total. The lowest BCUT2D eigenvalue weighted by Gasteiger charge is -2.01. The van der Waals surface area contributed by atoms with Crippen LogP contribution in [0.25, 0.3) is 0 Å². The molecule has 1 aromatic heterocycles. The van der Waals surface area contributed by atoms with Crippen molar-refractivity contribution >= 4 is 17.5 Å². The quantitative estimate of drug-likeness (QED) is 0.697. The molecule has 0 spiro atoms. The molecule has 70 valence electrons. The fourth-order valence-corrected chi connectivity index (χ4v) is 0.959. The lowest BCUT2D eigenvalue weighted by Crippen LogP contribution is -2.27. The third-order valence-corrected chi connectivity index (χ3v) is 1.56. The Labute approximate surface area is 80.6 Å². The Balaban J connectivity index is 2.66. The van der Waals surface area contributed by atoms with Gasteiger partial charge in [0.1, 0.15) is 10.8 Å². The summed E-state index contributed by atoms with van der Waals surface area (Å²) in [6.45, 7) is 0.124. The van der Waals surface area contributed by atoms with Crippen LogP contribution in [0.15, 0.2) is 18.2 Å². The highest BCUT2D eigenvalue weighted by atomic mass is 35.5. The zero-order valence-electron chi connectivity index (χ0n) is 6.83. The Morgan fingerprint density at radius 2 is 2.38 bits per heavy atom. The summed E-state index contributed by atoms with van der Waals surface area (Å²) in [5.41, 5.74) is 0.251. The molecule has 0 aliphatic heterocycles. The first-order valence-electron chi connectivity index (χ1n) is 3.75. The maximum atomic E-state index is 11.2. The van der Waals surface area contributed by atoms with Crippen LogP contribution in [-0.4, -0.2) is 29.1 Å². The summed E-state index contributed by atoms with van der Waals surface area (Å²) in [4.78, 5) is 15.0. The number of aliphatic hydroxyl groups is 1. The van der Waals surface area contributed by atoms with E-state index >= 15 is 0 Å². The number of nitrogens with one attached hydrogen (secondary N) is 1. The summed E-state index contributed by atoms with van der Waals surface area (Å²) >= 11 is 5.58. The Morgan fingerprint density at radius 3 is 3.00 bits per heavy atom. The lowest BCUT2D eigenvalue weighted by atomic mass is 10.3. The number of amides is 1. The van der Waals surface area contributed by atoms with E-state index < -0.39 is 0 Å². The maximum Gasteiger partial charge on any atom is 0.270 e. The van der Waals surface area contributed by atoms with E-state index in [2.05, 4.69) is 10.3 Å². The average molecular weight is 201 g/mol. The van der Waals surface area contributed by atoms with Gasteiger partial charge in [0.05, 0.1) is 6.61 Å². The molecule has 1 heterocycles. The fourth-order valence-electron chi connectivity index (χ4n) is 0.795. The van der Waals surface area contributed by atoms with Crippen LogP contribution in [0.3, 0.4) is 0 Å². The van der Waals surface area contributed by atoms with E-state index in [1.54, 1.807) is 18.2 Å². The largest absolute Gasteiger partial charge is 0.395 e. The molecule has 5 heteroatoms. The summed E-state index contributed by atoms with van der Waals surface area (Å²) in [5, 5.41) is 11.2. The Hall–Kier alpha value is -1.13. The van der Waals surface area contributed by atoms with Gasteiger partial charge in [0, 0.05) is 6.54 Å². The van der Waals surface area contributed by atoms with Crippen molar-refractivity contribution in [2.75, 3.05) is 13.2 Å². The molecule has 0 saturated carbocycles. The highest BCUT2D eigenvalue weighted by Crippen LogP contribution is 2.04. The molecule has 0 bridgehead atoms. The number of aromatic nitrogens is 1. The number of rotatable bonds is 3. The van der Waals surface area contributed by atoms with Crippen LogP contribution >= 0.6 is 11.6 Å². The minimum atomic E-state index is -0.337. The summed E-state index contributed by atoms with van der Waals surface area (Å²) in [6.07, 6.45) is 0. The predicted molar refractivity (Wildman–Crippen MR) is 48.7 cm³/mol. The van der Waals surface area contributed by atoms with Crippen molar-refractivity contribution in [3.63, 3.8) is 0 Å². The van der Waals surface area contributed by atoms with E-state index in [-0.39, 0.29) is 29.9 Å². The Morgan fingerprint density at radius 1 is 1.62 bits per heavy atom. The molecule has 0 radical (unpaired) electrons. The number of hydrogen-bond donors (Lipinski definition) is 2. The third kappa shape index (κ3) is 3.01. The van der Waals surface area contributed by atoms with Gasteiger partial charge in [-0.3, -0.25) is 4.79 Å². The highest BCUT2D eigenvalue weighted by Gasteiger charge is 2.05.